The third-order valence-corrected chi connectivity index (χ3v) is 3.59. The molecule has 16 heavy (non-hydrogen) atoms. The monoisotopic (exact) mass is 219 g/mol. The summed E-state index contributed by atoms with van der Waals surface area (Å²) in [4.78, 5) is 2.51. The molecule has 1 N–H and O–H groups in total. The summed E-state index contributed by atoms with van der Waals surface area (Å²) >= 11 is 0. The van der Waals surface area contributed by atoms with Crippen LogP contribution in [-0.4, -0.2) is 29.2 Å². The van der Waals surface area contributed by atoms with Crippen molar-refractivity contribution in [2.75, 3.05) is 13.2 Å². The summed E-state index contributed by atoms with van der Waals surface area (Å²) in [5.74, 6) is 0.395. The van der Waals surface area contributed by atoms with E-state index in [9.17, 15) is 5.11 Å². The summed E-state index contributed by atoms with van der Waals surface area (Å²) in [5.41, 5.74) is 1.37. The number of aliphatic hydroxyl groups excluding tert-OH is 1. The summed E-state index contributed by atoms with van der Waals surface area (Å²) < 4.78 is 0. The minimum Gasteiger partial charge on any atom is -0.396 e. The topological polar surface area (TPSA) is 23.5 Å². The standard InChI is InChI=1S/C14H21NO/c1-12(11-16)14-8-5-9-15(14)10-13-6-3-2-4-7-13/h2-4,6-7,12,14,16H,5,8-11H2,1H3. The third-order valence-electron chi connectivity index (χ3n) is 3.59. The van der Waals surface area contributed by atoms with Crippen LogP contribution in [0.25, 0.3) is 0 Å². The number of hydrogen-bond acceptors (Lipinski definition) is 2. The highest BCUT2D eigenvalue weighted by atomic mass is 16.3. The molecule has 0 aliphatic carbocycles. The minimum atomic E-state index is 0.302. The lowest BCUT2D eigenvalue weighted by Crippen LogP contribution is -2.35. The molecule has 2 atom stereocenters. The van der Waals surface area contributed by atoms with Crippen molar-refractivity contribution in [3.63, 3.8) is 0 Å². The molecule has 2 rings (SSSR count). The predicted molar refractivity (Wildman–Crippen MR) is 66.1 cm³/mol. The van der Waals surface area contributed by atoms with Crippen LogP contribution in [0.1, 0.15) is 25.3 Å². The van der Waals surface area contributed by atoms with Crippen LogP contribution in [0.5, 0.6) is 0 Å². The van der Waals surface area contributed by atoms with Crippen LogP contribution in [0, 0.1) is 5.92 Å². The van der Waals surface area contributed by atoms with Crippen molar-refractivity contribution in [1.29, 1.82) is 0 Å². The second-order valence-corrected chi connectivity index (χ2v) is 4.83. The highest BCUT2D eigenvalue weighted by Crippen LogP contribution is 2.25. The molecule has 2 nitrogen and oxygen atoms in total. The molecule has 1 aliphatic heterocycles. The van der Waals surface area contributed by atoms with Gasteiger partial charge in [-0.1, -0.05) is 37.3 Å². The molecule has 0 spiro atoms. The Hall–Kier alpha value is -0.860. The Morgan fingerprint density at radius 3 is 2.81 bits per heavy atom. The summed E-state index contributed by atoms with van der Waals surface area (Å²) in [6.07, 6.45) is 2.50. The molecule has 0 bridgehead atoms. The largest absolute Gasteiger partial charge is 0.396 e. The van der Waals surface area contributed by atoms with Crippen LogP contribution in [0.2, 0.25) is 0 Å². The van der Waals surface area contributed by atoms with E-state index in [2.05, 4.69) is 42.2 Å². The molecule has 88 valence electrons. The Morgan fingerprint density at radius 2 is 2.12 bits per heavy atom. The molecule has 2 heteroatoms. The fourth-order valence-corrected chi connectivity index (χ4v) is 2.63. The molecular weight excluding hydrogens is 198 g/mol. The van der Waals surface area contributed by atoms with E-state index in [-0.39, 0.29) is 0 Å². The normalized spacial score (nSPS) is 23.5. The summed E-state index contributed by atoms with van der Waals surface area (Å²) in [7, 11) is 0. The fraction of sp³-hybridized carbons (Fsp3) is 0.571. The van der Waals surface area contributed by atoms with Crippen molar-refractivity contribution >= 4 is 0 Å². The number of likely N-dealkylation sites (tertiary alicyclic amines) is 1. The Kier molecular flexibility index (Phi) is 3.97. The average molecular weight is 219 g/mol. The summed E-state index contributed by atoms with van der Waals surface area (Å²) in [6.45, 7) is 4.64. The maximum Gasteiger partial charge on any atom is 0.0471 e. The molecule has 1 fully saturated rings. The van der Waals surface area contributed by atoms with Gasteiger partial charge in [0.05, 0.1) is 0 Å². The number of rotatable bonds is 4. The smallest absolute Gasteiger partial charge is 0.0471 e. The van der Waals surface area contributed by atoms with Crippen molar-refractivity contribution < 1.29 is 5.11 Å². The average Bonchev–Trinajstić information content (AvgIpc) is 2.77. The molecule has 1 saturated heterocycles. The number of benzene rings is 1. The van der Waals surface area contributed by atoms with Gasteiger partial charge in [-0.15, -0.1) is 0 Å². The van der Waals surface area contributed by atoms with E-state index in [1.807, 2.05) is 0 Å². The first-order chi connectivity index (χ1) is 7.81. The van der Waals surface area contributed by atoms with E-state index in [1.54, 1.807) is 0 Å². The molecule has 0 amide bonds. The van der Waals surface area contributed by atoms with Gasteiger partial charge in [-0.25, -0.2) is 0 Å². The Morgan fingerprint density at radius 1 is 1.38 bits per heavy atom. The zero-order valence-electron chi connectivity index (χ0n) is 9.97. The van der Waals surface area contributed by atoms with Crippen LogP contribution in [0.4, 0.5) is 0 Å². The molecule has 2 unspecified atom stereocenters. The first-order valence-corrected chi connectivity index (χ1v) is 6.20. The van der Waals surface area contributed by atoms with Gasteiger partial charge in [0.15, 0.2) is 0 Å². The predicted octanol–water partition coefficient (Wildman–Crippen LogP) is 2.28. The van der Waals surface area contributed by atoms with Gasteiger partial charge >= 0.3 is 0 Å². The lowest BCUT2D eigenvalue weighted by molar-refractivity contribution is 0.133. The van der Waals surface area contributed by atoms with Crippen molar-refractivity contribution in [2.45, 2.75) is 32.4 Å². The van der Waals surface area contributed by atoms with Crippen LogP contribution in [0.3, 0.4) is 0 Å². The fourth-order valence-electron chi connectivity index (χ4n) is 2.63. The van der Waals surface area contributed by atoms with Crippen molar-refractivity contribution in [3.8, 4) is 0 Å². The van der Waals surface area contributed by atoms with Gasteiger partial charge in [0.25, 0.3) is 0 Å². The second-order valence-electron chi connectivity index (χ2n) is 4.83. The van der Waals surface area contributed by atoms with Crippen LogP contribution >= 0.6 is 0 Å². The maximum atomic E-state index is 9.25. The van der Waals surface area contributed by atoms with Gasteiger partial charge in [-0.3, -0.25) is 4.90 Å². The second kappa shape index (κ2) is 5.46. The van der Waals surface area contributed by atoms with Crippen molar-refractivity contribution in [2.24, 2.45) is 5.92 Å². The van der Waals surface area contributed by atoms with E-state index in [4.69, 9.17) is 0 Å². The Balaban J connectivity index is 1.99. The van der Waals surface area contributed by atoms with Gasteiger partial charge < -0.3 is 5.11 Å². The van der Waals surface area contributed by atoms with Gasteiger partial charge in [0, 0.05) is 19.2 Å². The zero-order chi connectivity index (χ0) is 11.4. The van der Waals surface area contributed by atoms with Gasteiger partial charge in [0.1, 0.15) is 0 Å². The van der Waals surface area contributed by atoms with E-state index in [0.717, 1.165) is 6.54 Å². The SMILES string of the molecule is CC(CO)C1CCCN1Cc1ccccc1. The molecule has 1 aromatic rings. The minimum absolute atomic E-state index is 0.302. The number of aliphatic hydroxyl groups is 1. The van der Waals surface area contributed by atoms with Gasteiger partial charge in [-0.05, 0) is 30.9 Å². The van der Waals surface area contributed by atoms with Crippen LogP contribution < -0.4 is 0 Å². The van der Waals surface area contributed by atoms with E-state index in [1.165, 1.54) is 24.9 Å². The molecule has 0 saturated carbocycles. The first kappa shape index (κ1) is 11.6. The number of hydrogen-bond donors (Lipinski definition) is 1. The van der Waals surface area contributed by atoms with Gasteiger partial charge in [-0.2, -0.15) is 0 Å². The summed E-state index contributed by atoms with van der Waals surface area (Å²) in [5, 5.41) is 9.25. The quantitative estimate of drug-likeness (QED) is 0.839. The molecule has 1 aliphatic rings. The Bertz CT molecular complexity index is 312. The molecule has 0 radical (unpaired) electrons. The highest BCUT2D eigenvalue weighted by molar-refractivity contribution is 5.14. The lowest BCUT2D eigenvalue weighted by Gasteiger charge is -2.28. The molecule has 1 aromatic carbocycles. The maximum absolute atomic E-state index is 9.25. The van der Waals surface area contributed by atoms with Crippen molar-refractivity contribution in [1.82, 2.24) is 4.90 Å². The first-order valence-electron chi connectivity index (χ1n) is 6.20. The Labute approximate surface area is 97.9 Å². The molecule has 1 heterocycles. The molecular formula is C14H21NO. The van der Waals surface area contributed by atoms with Crippen LogP contribution in [0.15, 0.2) is 30.3 Å². The van der Waals surface area contributed by atoms with Crippen molar-refractivity contribution in [3.05, 3.63) is 35.9 Å². The third kappa shape index (κ3) is 2.63. The van der Waals surface area contributed by atoms with E-state index in [0.29, 0.717) is 18.6 Å². The van der Waals surface area contributed by atoms with E-state index < -0.39 is 0 Å². The van der Waals surface area contributed by atoms with Gasteiger partial charge in [0.2, 0.25) is 0 Å². The van der Waals surface area contributed by atoms with Crippen LogP contribution in [-0.2, 0) is 6.54 Å². The van der Waals surface area contributed by atoms with E-state index >= 15 is 0 Å². The lowest BCUT2D eigenvalue weighted by atomic mass is 10.0. The molecule has 0 aromatic heterocycles. The highest BCUT2D eigenvalue weighted by Gasteiger charge is 2.28. The number of nitrogens with zero attached hydrogens (tertiary/aromatic N) is 1. The zero-order valence-corrected chi connectivity index (χ0v) is 9.97. The summed E-state index contributed by atoms with van der Waals surface area (Å²) in [6, 6.07) is 11.2.